The zero-order chi connectivity index (χ0) is 14.9. The number of sulfonamides is 1. The largest absolute Gasteiger partial charge is 0.280 e. The first-order valence-electron chi connectivity index (χ1n) is 5.53. The van der Waals surface area contributed by atoms with E-state index in [0.717, 1.165) is 13.6 Å². The lowest BCUT2D eigenvalue weighted by Gasteiger charge is -2.11. The Morgan fingerprint density at radius 1 is 1.10 bits per heavy atom. The molecule has 0 bridgehead atoms. The quantitative estimate of drug-likeness (QED) is 0.572. The van der Waals surface area contributed by atoms with Gasteiger partial charge in [-0.15, -0.1) is 0 Å². The van der Waals surface area contributed by atoms with Gasteiger partial charge in [0.2, 0.25) is 0 Å². The molecule has 0 aliphatic rings. The van der Waals surface area contributed by atoms with E-state index in [0.29, 0.717) is 10.2 Å². The first-order valence-corrected chi connectivity index (χ1v) is 9.68. The number of nitrogens with one attached hydrogen (secondary N) is 1. The van der Waals surface area contributed by atoms with Crippen LogP contribution in [-0.4, -0.2) is 8.42 Å². The molecule has 2 aromatic carbocycles. The van der Waals surface area contributed by atoms with Crippen LogP contribution in [0.2, 0.25) is 0 Å². The second-order valence-corrected chi connectivity index (χ2v) is 8.73. The Kier molecular flexibility index (Phi) is 5.14. The van der Waals surface area contributed by atoms with Gasteiger partial charge in [0.15, 0.2) is 0 Å². The van der Waals surface area contributed by atoms with Crippen molar-refractivity contribution in [1.82, 2.24) is 0 Å². The summed E-state index contributed by atoms with van der Waals surface area (Å²) < 4.78 is 29.7. The van der Waals surface area contributed by atoms with Gasteiger partial charge in [0.1, 0.15) is 4.90 Å². The van der Waals surface area contributed by atoms with Crippen molar-refractivity contribution >= 4 is 70.2 Å². The second kappa shape index (κ2) is 6.33. The Hall–Kier alpha value is -0.120. The first kappa shape index (κ1) is 16.3. The molecule has 0 fully saturated rings. The highest BCUT2D eigenvalue weighted by Crippen LogP contribution is 2.28. The van der Waals surface area contributed by atoms with Crippen LogP contribution in [0.4, 0.5) is 5.69 Å². The van der Waals surface area contributed by atoms with Crippen molar-refractivity contribution in [1.29, 1.82) is 0 Å². The maximum absolute atomic E-state index is 12.4. The van der Waals surface area contributed by atoms with E-state index >= 15 is 0 Å². The summed E-state index contributed by atoms with van der Waals surface area (Å²) in [6, 6.07) is 10.4. The average Bonchev–Trinajstić information content (AvgIpc) is 2.33. The number of benzene rings is 2. The van der Waals surface area contributed by atoms with Gasteiger partial charge in [0.05, 0.1) is 0 Å². The standard InChI is InChI=1S/C13H10Br2INO2S/c1-8-2-4-10(7-12(8)16)17-20(18,19)13-5-3-9(14)6-11(13)15/h2-7,17H,1H3. The SMILES string of the molecule is Cc1ccc(NS(=O)(=O)c2ccc(Br)cc2Br)cc1I. The Bertz CT molecular complexity index is 763. The Morgan fingerprint density at radius 3 is 2.40 bits per heavy atom. The summed E-state index contributed by atoms with van der Waals surface area (Å²) in [6.07, 6.45) is 0. The van der Waals surface area contributed by atoms with Crippen LogP contribution in [0.3, 0.4) is 0 Å². The molecule has 0 unspecified atom stereocenters. The lowest BCUT2D eigenvalue weighted by molar-refractivity contribution is 0.600. The Morgan fingerprint density at radius 2 is 1.80 bits per heavy atom. The molecule has 0 saturated heterocycles. The molecule has 0 radical (unpaired) electrons. The fraction of sp³-hybridized carbons (Fsp3) is 0.0769. The highest BCUT2D eigenvalue weighted by molar-refractivity contribution is 14.1. The van der Waals surface area contributed by atoms with Crippen molar-refractivity contribution in [2.45, 2.75) is 11.8 Å². The second-order valence-electron chi connectivity index (χ2n) is 4.14. The number of rotatable bonds is 3. The van der Waals surface area contributed by atoms with Crippen molar-refractivity contribution in [2.24, 2.45) is 0 Å². The molecular weight excluding hydrogens is 521 g/mol. The van der Waals surface area contributed by atoms with Crippen molar-refractivity contribution in [3.05, 3.63) is 54.5 Å². The highest BCUT2D eigenvalue weighted by atomic mass is 127. The number of hydrogen-bond acceptors (Lipinski definition) is 2. The maximum atomic E-state index is 12.4. The number of hydrogen-bond donors (Lipinski definition) is 1. The summed E-state index contributed by atoms with van der Waals surface area (Å²) in [6.45, 7) is 1.98. The molecule has 0 amide bonds. The van der Waals surface area contributed by atoms with Crippen LogP contribution in [0.1, 0.15) is 5.56 Å². The van der Waals surface area contributed by atoms with Crippen LogP contribution in [0.25, 0.3) is 0 Å². The van der Waals surface area contributed by atoms with E-state index in [4.69, 9.17) is 0 Å². The van der Waals surface area contributed by atoms with Gasteiger partial charge in [-0.3, -0.25) is 4.72 Å². The van der Waals surface area contributed by atoms with E-state index < -0.39 is 10.0 Å². The molecule has 0 atom stereocenters. The smallest absolute Gasteiger partial charge is 0.263 e. The van der Waals surface area contributed by atoms with E-state index in [9.17, 15) is 8.42 Å². The lowest BCUT2D eigenvalue weighted by Crippen LogP contribution is -2.13. The fourth-order valence-electron chi connectivity index (χ4n) is 1.56. The van der Waals surface area contributed by atoms with Gasteiger partial charge in [-0.1, -0.05) is 22.0 Å². The van der Waals surface area contributed by atoms with Crippen LogP contribution in [-0.2, 0) is 10.0 Å². The van der Waals surface area contributed by atoms with E-state index in [1.807, 2.05) is 13.0 Å². The van der Waals surface area contributed by atoms with Gasteiger partial charge in [-0.05, 0) is 81.3 Å². The molecular formula is C13H10Br2INO2S. The number of anilines is 1. The third-order valence-corrected chi connectivity index (χ3v) is 6.62. The molecule has 0 aliphatic carbocycles. The van der Waals surface area contributed by atoms with Crippen LogP contribution < -0.4 is 4.72 Å². The molecule has 0 saturated carbocycles. The maximum Gasteiger partial charge on any atom is 0.263 e. The average molecular weight is 531 g/mol. The van der Waals surface area contributed by atoms with E-state index in [1.54, 1.807) is 30.3 Å². The van der Waals surface area contributed by atoms with Gasteiger partial charge in [0.25, 0.3) is 10.0 Å². The Balaban J connectivity index is 2.38. The molecule has 106 valence electrons. The van der Waals surface area contributed by atoms with Crippen LogP contribution in [0.15, 0.2) is 50.2 Å². The van der Waals surface area contributed by atoms with Gasteiger partial charge in [0, 0.05) is 18.2 Å². The van der Waals surface area contributed by atoms with Crippen LogP contribution in [0.5, 0.6) is 0 Å². The monoisotopic (exact) mass is 529 g/mol. The van der Waals surface area contributed by atoms with Crippen molar-refractivity contribution in [3.63, 3.8) is 0 Å². The molecule has 0 aliphatic heterocycles. The summed E-state index contributed by atoms with van der Waals surface area (Å²) >= 11 is 8.75. The lowest BCUT2D eigenvalue weighted by atomic mass is 10.2. The molecule has 20 heavy (non-hydrogen) atoms. The minimum atomic E-state index is -3.61. The van der Waals surface area contributed by atoms with Crippen molar-refractivity contribution in [3.8, 4) is 0 Å². The van der Waals surface area contributed by atoms with E-state index in [-0.39, 0.29) is 4.90 Å². The third kappa shape index (κ3) is 3.75. The third-order valence-electron chi connectivity index (χ3n) is 2.61. The summed E-state index contributed by atoms with van der Waals surface area (Å²) in [5, 5.41) is 0. The fourth-order valence-corrected chi connectivity index (χ4v) is 4.87. The normalized spacial score (nSPS) is 11.4. The van der Waals surface area contributed by atoms with Crippen LogP contribution >= 0.6 is 54.5 Å². The Labute approximate surface area is 148 Å². The molecule has 0 heterocycles. The highest BCUT2D eigenvalue weighted by Gasteiger charge is 2.18. The summed E-state index contributed by atoms with van der Waals surface area (Å²) in [4.78, 5) is 0.205. The van der Waals surface area contributed by atoms with E-state index in [1.165, 1.54) is 0 Å². The van der Waals surface area contributed by atoms with Crippen molar-refractivity contribution < 1.29 is 8.42 Å². The van der Waals surface area contributed by atoms with Gasteiger partial charge in [-0.25, -0.2) is 8.42 Å². The molecule has 0 aromatic heterocycles. The van der Waals surface area contributed by atoms with Gasteiger partial charge >= 0.3 is 0 Å². The number of halogens is 3. The molecule has 1 N–H and O–H groups in total. The predicted molar refractivity (Wildman–Crippen MR) is 96.5 cm³/mol. The predicted octanol–water partition coefficient (Wildman–Crippen LogP) is 4.93. The number of aryl methyl sites for hydroxylation is 1. The van der Waals surface area contributed by atoms with Crippen molar-refractivity contribution in [2.75, 3.05) is 4.72 Å². The molecule has 2 rings (SSSR count). The summed E-state index contributed by atoms with van der Waals surface area (Å²) in [5.41, 5.74) is 1.66. The summed E-state index contributed by atoms with van der Waals surface area (Å²) in [5.74, 6) is 0. The topological polar surface area (TPSA) is 46.2 Å². The van der Waals surface area contributed by atoms with Crippen LogP contribution in [0, 0.1) is 10.5 Å². The molecule has 0 spiro atoms. The molecule has 7 heteroatoms. The van der Waals surface area contributed by atoms with Gasteiger partial charge in [-0.2, -0.15) is 0 Å². The summed E-state index contributed by atoms with van der Waals surface area (Å²) in [7, 11) is -3.61. The van der Waals surface area contributed by atoms with E-state index in [2.05, 4.69) is 59.2 Å². The zero-order valence-electron chi connectivity index (χ0n) is 10.3. The minimum Gasteiger partial charge on any atom is -0.280 e. The van der Waals surface area contributed by atoms with Gasteiger partial charge < -0.3 is 0 Å². The minimum absolute atomic E-state index is 0.205. The zero-order valence-corrected chi connectivity index (χ0v) is 16.5. The molecule has 3 nitrogen and oxygen atoms in total. The first-order chi connectivity index (χ1) is 9.29. The molecule has 2 aromatic rings.